The molecule has 0 radical (unpaired) electrons. The number of aliphatic hydroxyl groups is 1. The fraction of sp³-hybridized carbons (Fsp3) is 0.750. The molecule has 0 bridgehead atoms. The summed E-state index contributed by atoms with van der Waals surface area (Å²) in [5.74, 6) is -0.632. The molecule has 0 unspecified atom stereocenters. The second-order valence-electron chi connectivity index (χ2n) is 2.38. The second kappa shape index (κ2) is 6.62. The average molecular weight is 171 g/mol. The topological polar surface area (TPSA) is 70.3 Å². The van der Waals surface area contributed by atoms with Crippen molar-refractivity contribution in [2.24, 2.45) is 0 Å². The molecule has 0 saturated heterocycles. The quantitative estimate of drug-likeness (QED) is 0.615. The monoisotopic (exact) mass is 171 g/mol. The maximum atomic E-state index is 10.8. The number of ether oxygens (including phenoxy) is 1. The lowest BCUT2D eigenvalue weighted by molar-refractivity contribution is -0.153. The molecule has 0 aromatic heterocycles. The third kappa shape index (κ3) is 4.69. The van der Waals surface area contributed by atoms with E-state index in [1.54, 1.807) is 0 Å². The van der Waals surface area contributed by atoms with Crippen molar-refractivity contribution < 1.29 is 14.6 Å². The van der Waals surface area contributed by atoms with Crippen LogP contribution in [0.3, 0.4) is 0 Å². The molecule has 4 nitrogen and oxygen atoms in total. The Morgan fingerprint density at radius 1 is 1.75 bits per heavy atom. The van der Waals surface area contributed by atoms with Crippen LogP contribution in [0.15, 0.2) is 0 Å². The molecule has 1 atom stereocenters. The van der Waals surface area contributed by atoms with Gasteiger partial charge in [-0.25, -0.2) is 4.79 Å². The van der Waals surface area contributed by atoms with Crippen molar-refractivity contribution in [3.8, 4) is 6.07 Å². The van der Waals surface area contributed by atoms with Gasteiger partial charge in [0, 0.05) is 6.42 Å². The number of nitrogens with zero attached hydrogens (tertiary/aromatic N) is 1. The number of hydrogen-bond donors (Lipinski definition) is 1. The van der Waals surface area contributed by atoms with E-state index in [0.717, 1.165) is 6.42 Å². The molecule has 4 heteroatoms. The largest absolute Gasteiger partial charge is 0.464 e. The fourth-order valence-electron chi connectivity index (χ4n) is 0.618. The normalized spacial score (nSPS) is 11.8. The molecule has 0 aliphatic heterocycles. The Labute approximate surface area is 71.8 Å². The van der Waals surface area contributed by atoms with E-state index >= 15 is 0 Å². The Morgan fingerprint density at radius 2 is 2.42 bits per heavy atom. The van der Waals surface area contributed by atoms with Gasteiger partial charge in [-0.3, -0.25) is 0 Å². The minimum absolute atomic E-state index is 0.152. The van der Waals surface area contributed by atoms with Gasteiger partial charge in [-0.2, -0.15) is 5.26 Å². The summed E-state index contributed by atoms with van der Waals surface area (Å²) in [5, 5.41) is 17.2. The lowest BCUT2D eigenvalue weighted by atomic mass is 10.2. The second-order valence-corrected chi connectivity index (χ2v) is 2.38. The van der Waals surface area contributed by atoms with Crippen LogP contribution in [0.4, 0.5) is 0 Å². The van der Waals surface area contributed by atoms with Gasteiger partial charge in [0.1, 0.15) is 0 Å². The van der Waals surface area contributed by atoms with E-state index in [1.807, 2.05) is 13.0 Å². The SMILES string of the molecule is CCCOC(=O)[C@H](O)CCC#N. The van der Waals surface area contributed by atoms with Crippen molar-refractivity contribution in [1.29, 1.82) is 5.26 Å². The Balaban J connectivity index is 3.55. The maximum Gasteiger partial charge on any atom is 0.334 e. The van der Waals surface area contributed by atoms with Crippen LogP contribution in [0, 0.1) is 11.3 Å². The predicted octanol–water partition coefficient (Wildman–Crippen LogP) is 0.604. The molecule has 0 saturated carbocycles. The zero-order valence-electron chi connectivity index (χ0n) is 7.12. The first kappa shape index (κ1) is 10.9. The van der Waals surface area contributed by atoms with Crippen molar-refractivity contribution in [3.63, 3.8) is 0 Å². The third-order valence-corrected chi connectivity index (χ3v) is 1.25. The van der Waals surface area contributed by atoms with Gasteiger partial charge in [0.2, 0.25) is 0 Å². The number of nitriles is 1. The number of carbonyl (C=O) groups excluding carboxylic acids is 1. The number of hydrogen-bond acceptors (Lipinski definition) is 4. The van der Waals surface area contributed by atoms with E-state index in [-0.39, 0.29) is 12.8 Å². The van der Waals surface area contributed by atoms with Gasteiger partial charge in [-0.05, 0) is 12.8 Å². The third-order valence-electron chi connectivity index (χ3n) is 1.25. The molecule has 0 amide bonds. The van der Waals surface area contributed by atoms with Crippen LogP contribution in [0.25, 0.3) is 0 Å². The summed E-state index contributed by atoms with van der Waals surface area (Å²) in [7, 11) is 0. The van der Waals surface area contributed by atoms with E-state index in [4.69, 9.17) is 10.4 Å². The van der Waals surface area contributed by atoms with Crippen molar-refractivity contribution in [2.45, 2.75) is 32.3 Å². The predicted molar refractivity (Wildman–Crippen MR) is 42.1 cm³/mol. The van der Waals surface area contributed by atoms with Crippen molar-refractivity contribution in [2.75, 3.05) is 6.61 Å². The summed E-state index contributed by atoms with van der Waals surface area (Å²) in [6, 6.07) is 1.84. The van der Waals surface area contributed by atoms with E-state index in [2.05, 4.69) is 4.74 Å². The Bertz CT molecular complexity index is 174. The molecule has 0 aromatic carbocycles. The summed E-state index contributed by atoms with van der Waals surface area (Å²) in [5.41, 5.74) is 0. The van der Waals surface area contributed by atoms with Crippen molar-refractivity contribution in [3.05, 3.63) is 0 Å². The van der Waals surface area contributed by atoms with E-state index in [1.165, 1.54) is 0 Å². The Hall–Kier alpha value is -1.08. The van der Waals surface area contributed by atoms with Crippen molar-refractivity contribution >= 4 is 5.97 Å². The molecule has 0 aliphatic rings. The summed E-state index contributed by atoms with van der Waals surface area (Å²) in [4.78, 5) is 10.8. The van der Waals surface area contributed by atoms with Crippen LogP contribution < -0.4 is 0 Å². The van der Waals surface area contributed by atoms with Crippen LogP contribution in [-0.4, -0.2) is 23.8 Å². The lowest BCUT2D eigenvalue weighted by Crippen LogP contribution is -2.23. The molecule has 0 aliphatic carbocycles. The highest BCUT2D eigenvalue weighted by molar-refractivity contribution is 5.74. The average Bonchev–Trinajstić information content (AvgIpc) is 2.10. The molecule has 1 N–H and O–H groups in total. The first-order chi connectivity index (χ1) is 5.72. The van der Waals surface area contributed by atoms with Gasteiger partial charge in [0.05, 0.1) is 12.7 Å². The molecule has 0 spiro atoms. The highest BCUT2D eigenvalue weighted by Crippen LogP contribution is 1.98. The number of rotatable bonds is 5. The summed E-state index contributed by atoms with van der Waals surface area (Å²) in [6.07, 6.45) is -0.0887. The van der Waals surface area contributed by atoms with E-state index in [9.17, 15) is 4.79 Å². The minimum atomic E-state index is -1.14. The van der Waals surface area contributed by atoms with Gasteiger partial charge >= 0.3 is 5.97 Å². The smallest absolute Gasteiger partial charge is 0.334 e. The summed E-state index contributed by atoms with van der Waals surface area (Å²) in [6.45, 7) is 2.19. The van der Waals surface area contributed by atoms with Gasteiger partial charge in [-0.1, -0.05) is 6.92 Å². The lowest BCUT2D eigenvalue weighted by Gasteiger charge is -2.07. The molecular formula is C8H13NO3. The highest BCUT2D eigenvalue weighted by Gasteiger charge is 2.14. The Kier molecular flexibility index (Phi) is 6.02. The molecule has 12 heavy (non-hydrogen) atoms. The van der Waals surface area contributed by atoms with Gasteiger partial charge in [-0.15, -0.1) is 0 Å². The van der Waals surface area contributed by atoms with Crippen LogP contribution in [-0.2, 0) is 9.53 Å². The molecule has 0 rings (SSSR count). The maximum absolute atomic E-state index is 10.8. The molecule has 0 aromatic rings. The van der Waals surface area contributed by atoms with Crippen molar-refractivity contribution in [1.82, 2.24) is 0 Å². The zero-order valence-corrected chi connectivity index (χ0v) is 7.12. The number of carbonyl (C=O) groups is 1. The van der Waals surface area contributed by atoms with Crippen LogP contribution in [0.1, 0.15) is 26.2 Å². The van der Waals surface area contributed by atoms with Crippen LogP contribution in [0.5, 0.6) is 0 Å². The van der Waals surface area contributed by atoms with Gasteiger partial charge in [0.15, 0.2) is 6.10 Å². The molecule has 0 fully saturated rings. The van der Waals surface area contributed by atoms with Crippen LogP contribution >= 0.6 is 0 Å². The standard InChI is InChI=1S/C8H13NO3/c1-2-6-12-8(11)7(10)4-3-5-9/h7,10H,2-4,6H2,1H3/t7-/m1/s1. The molecule has 0 heterocycles. The van der Waals surface area contributed by atoms with Crippen LogP contribution in [0.2, 0.25) is 0 Å². The molecular weight excluding hydrogens is 158 g/mol. The van der Waals surface area contributed by atoms with Gasteiger partial charge < -0.3 is 9.84 Å². The van der Waals surface area contributed by atoms with E-state index in [0.29, 0.717) is 6.61 Å². The summed E-state index contributed by atoms with van der Waals surface area (Å²) < 4.78 is 4.65. The summed E-state index contributed by atoms with van der Waals surface area (Å²) >= 11 is 0. The van der Waals surface area contributed by atoms with E-state index < -0.39 is 12.1 Å². The minimum Gasteiger partial charge on any atom is -0.464 e. The number of esters is 1. The first-order valence-corrected chi connectivity index (χ1v) is 3.94. The first-order valence-electron chi connectivity index (χ1n) is 3.94. The Morgan fingerprint density at radius 3 is 2.92 bits per heavy atom. The number of aliphatic hydroxyl groups excluding tert-OH is 1. The zero-order chi connectivity index (χ0) is 9.40. The molecule has 68 valence electrons. The fourth-order valence-corrected chi connectivity index (χ4v) is 0.618. The highest BCUT2D eigenvalue weighted by atomic mass is 16.5. The van der Waals surface area contributed by atoms with Gasteiger partial charge in [0.25, 0.3) is 0 Å².